The smallest absolute Gasteiger partial charge is 0.325 e. The fourth-order valence-electron chi connectivity index (χ4n) is 3.59. The van der Waals surface area contributed by atoms with Crippen molar-refractivity contribution in [2.75, 3.05) is 13.2 Å². The number of hydrogen-bond donors (Lipinski definition) is 1. The quantitative estimate of drug-likeness (QED) is 0.382. The fourth-order valence-corrected chi connectivity index (χ4v) is 3.59. The number of fused-ring (bicyclic) bond motifs is 3. The van der Waals surface area contributed by atoms with E-state index in [0.29, 0.717) is 5.56 Å². The molecule has 30 heavy (non-hydrogen) atoms. The molecule has 0 saturated heterocycles. The van der Waals surface area contributed by atoms with Crippen molar-refractivity contribution in [2.24, 2.45) is 0 Å². The summed E-state index contributed by atoms with van der Waals surface area (Å²) >= 11 is 0. The number of esters is 1. The van der Waals surface area contributed by atoms with Gasteiger partial charge in [-0.05, 0) is 40.3 Å². The number of carbonyl (C=O) groups is 3. The molecule has 5 nitrogen and oxygen atoms in total. The van der Waals surface area contributed by atoms with Gasteiger partial charge in [0.1, 0.15) is 6.54 Å². The summed E-state index contributed by atoms with van der Waals surface area (Å²) in [5.74, 6) is -1.19. The molecule has 0 unspecified atom stereocenters. The highest BCUT2D eigenvalue weighted by molar-refractivity contribution is 5.99. The Hall–Kier alpha value is -3.73. The summed E-state index contributed by atoms with van der Waals surface area (Å²) in [4.78, 5) is 36.3. The van der Waals surface area contributed by atoms with Crippen molar-refractivity contribution in [2.45, 2.75) is 12.8 Å². The Morgan fingerprint density at radius 3 is 2.40 bits per heavy atom. The van der Waals surface area contributed by atoms with E-state index in [9.17, 15) is 14.4 Å². The van der Waals surface area contributed by atoms with Crippen molar-refractivity contribution in [3.8, 4) is 11.1 Å². The fraction of sp³-hybridized carbons (Fsp3) is 0.160. The van der Waals surface area contributed by atoms with Crippen LogP contribution in [0, 0.1) is 0 Å². The molecule has 0 aliphatic heterocycles. The number of ether oxygens (including phenoxy) is 1. The Morgan fingerprint density at radius 1 is 0.833 bits per heavy atom. The van der Waals surface area contributed by atoms with Crippen LogP contribution in [0.4, 0.5) is 0 Å². The number of benzene rings is 3. The average molecular weight is 399 g/mol. The van der Waals surface area contributed by atoms with Gasteiger partial charge in [0, 0.05) is 5.56 Å². The number of amides is 1. The number of hydrogen-bond acceptors (Lipinski definition) is 4. The molecule has 0 fully saturated rings. The van der Waals surface area contributed by atoms with Crippen molar-refractivity contribution >= 4 is 17.7 Å². The lowest BCUT2D eigenvalue weighted by Gasteiger charge is -2.08. The van der Waals surface area contributed by atoms with E-state index in [1.807, 2.05) is 60.7 Å². The first-order valence-corrected chi connectivity index (χ1v) is 9.81. The Bertz CT molecular complexity index is 1110. The van der Waals surface area contributed by atoms with E-state index in [2.05, 4.69) is 11.4 Å². The molecular weight excluding hydrogens is 378 g/mol. The second kappa shape index (κ2) is 8.74. The normalized spacial score (nSPS) is 11.3. The molecule has 1 aliphatic rings. The molecule has 4 rings (SSSR count). The Kier molecular flexibility index (Phi) is 5.70. The number of Topliss-reactive ketones (excluding diaryl/α,β-unsaturated/α-hetero) is 1. The summed E-state index contributed by atoms with van der Waals surface area (Å²) in [6.07, 6.45) is 1.04. The highest BCUT2D eigenvalue weighted by atomic mass is 16.5. The summed E-state index contributed by atoms with van der Waals surface area (Å²) in [6, 6.07) is 23.0. The lowest BCUT2D eigenvalue weighted by Crippen LogP contribution is -2.32. The second-order valence-electron chi connectivity index (χ2n) is 7.23. The maximum atomic E-state index is 12.5. The molecule has 3 aromatic rings. The first kappa shape index (κ1) is 19.6. The highest BCUT2D eigenvalue weighted by Crippen LogP contribution is 2.36. The highest BCUT2D eigenvalue weighted by Gasteiger charge is 2.20. The predicted octanol–water partition coefficient (Wildman–Crippen LogP) is 3.34. The standard InChI is InChI=1S/C25H21NO4/c27-23(16-30-25(29)15-26-24(28)12-17-6-2-1-3-7-17)20-11-10-19-13-18-8-4-5-9-21(18)22(19)14-20/h1-11,14H,12-13,15-16H2,(H,26,28). The third-order valence-electron chi connectivity index (χ3n) is 5.12. The number of ketones is 1. The van der Waals surface area contributed by atoms with Crippen LogP contribution in [0.5, 0.6) is 0 Å². The van der Waals surface area contributed by atoms with E-state index in [4.69, 9.17) is 4.74 Å². The zero-order chi connectivity index (χ0) is 20.9. The lowest BCUT2D eigenvalue weighted by molar-refractivity contribution is -0.142. The Morgan fingerprint density at radius 2 is 1.57 bits per heavy atom. The van der Waals surface area contributed by atoms with Crippen molar-refractivity contribution in [3.05, 3.63) is 95.1 Å². The van der Waals surface area contributed by atoms with Crippen molar-refractivity contribution in [1.82, 2.24) is 5.32 Å². The van der Waals surface area contributed by atoms with Gasteiger partial charge in [-0.3, -0.25) is 14.4 Å². The maximum Gasteiger partial charge on any atom is 0.325 e. The number of rotatable bonds is 7. The third-order valence-corrected chi connectivity index (χ3v) is 5.12. The van der Waals surface area contributed by atoms with Gasteiger partial charge in [-0.15, -0.1) is 0 Å². The van der Waals surface area contributed by atoms with E-state index >= 15 is 0 Å². The summed E-state index contributed by atoms with van der Waals surface area (Å²) in [5, 5.41) is 2.51. The van der Waals surface area contributed by atoms with E-state index in [-0.39, 0.29) is 31.3 Å². The second-order valence-corrected chi connectivity index (χ2v) is 7.23. The van der Waals surface area contributed by atoms with Crippen molar-refractivity contribution < 1.29 is 19.1 Å². The molecule has 0 atom stereocenters. The van der Waals surface area contributed by atoms with Gasteiger partial charge in [0.25, 0.3) is 0 Å². The SMILES string of the molecule is O=C(Cc1ccccc1)NCC(=O)OCC(=O)c1ccc2c(c1)-c1ccccc1C2. The first-order valence-electron chi connectivity index (χ1n) is 9.81. The zero-order valence-corrected chi connectivity index (χ0v) is 16.4. The monoisotopic (exact) mass is 399 g/mol. The minimum atomic E-state index is -0.642. The van der Waals surface area contributed by atoms with E-state index in [0.717, 1.165) is 23.1 Å². The van der Waals surface area contributed by atoms with Gasteiger partial charge in [0.15, 0.2) is 12.4 Å². The van der Waals surface area contributed by atoms with Gasteiger partial charge < -0.3 is 10.1 Å². The van der Waals surface area contributed by atoms with Crippen LogP contribution in [0.15, 0.2) is 72.8 Å². The molecule has 0 bridgehead atoms. The molecule has 1 aliphatic carbocycles. The van der Waals surface area contributed by atoms with Gasteiger partial charge in [-0.1, -0.05) is 66.7 Å². The molecule has 5 heteroatoms. The molecule has 0 heterocycles. The molecule has 0 spiro atoms. The predicted molar refractivity (Wildman–Crippen MR) is 113 cm³/mol. The van der Waals surface area contributed by atoms with E-state index in [1.54, 1.807) is 6.07 Å². The minimum Gasteiger partial charge on any atom is -0.456 e. The number of carbonyl (C=O) groups excluding carboxylic acids is 3. The maximum absolute atomic E-state index is 12.5. The molecule has 1 N–H and O–H groups in total. The number of nitrogens with one attached hydrogen (secondary N) is 1. The lowest BCUT2D eigenvalue weighted by atomic mass is 10.0. The molecule has 1 amide bonds. The molecule has 150 valence electrons. The molecule has 0 radical (unpaired) electrons. The summed E-state index contributed by atoms with van der Waals surface area (Å²) in [5.41, 5.74) is 5.99. The third kappa shape index (κ3) is 4.46. The van der Waals surface area contributed by atoms with Crippen molar-refractivity contribution in [3.63, 3.8) is 0 Å². The van der Waals surface area contributed by atoms with Gasteiger partial charge in [0.05, 0.1) is 6.42 Å². The van der Waals surface area contributed by atoms with Gasteiger partial charge in [0.2, 0.25) is 5.91 Å². The van der Waals surface area contributed by atoms with Gasteiger partial charge in [-0.25, -0.2) is 0 Å². The zero-order valence-electron chi connectivity index (χ0n) is 16.4. The molecular formula is C25H21NO4. The summed E-state index contributed by atoms with van der Waals surface area (Å²) in [6.45, 7) is -0.621. The van der Waals surface area contributed by atoms with Gasteiger partial charge >= 0.3 is 5.97 Å². The van der Waals surface area contributed by atoms with Crippen LogP contribution in [-0.2, 0) is 27.2 Å². The van der Waals surface area contributed by atoms with Crippen LogP contribution in [0.1, 0.15) is 27.0 Å². The largest absolute Gasteiger partial charge is 0.456 e. The molecule has 0 saturated carbocycles. The minimum absolute atomic E-state index is 0.184. The van der Waals surface area contributed by atoms with Crippen LogP contribution in [0.2, 0.25) is 0 Å². The van der Waals surface area contributed by atoms with Crippen LogP contribution in [0.3, 0.4) is 0 Å². The Balaban J connectivity index is 1.28. The summed E-state index contributed by atoms with van der Waals surface area (Å²) < 4.78 is 5.04. The van der Waals surface area contributed by atoms with Gasteiger partial charge in [-0.2, -0.15) is 0 Å². The van der Waals surface area contributed by atoms with Crippen LogP contribution in [-0.4, -0.2) is 30.8 Å². The van der Waals surface area contributed by atoms with Crippen molar-refractivity contribution in [1.29, 1.82) is 0 Å². The molecule has 0 aromatic heterocycles. The Labute approximate surface area is 174 Å². The summed E-state index contributed by atoms with van der Waals surface area (Å²) in [7, 11) is 0. The topological polar surface area (TPSA) is 72.5 Å². The van der Waals surface area contributed by atoms with Crippen LogP contribution in [0.25, 0.3) is 11.1 Å². The van der Waals surface area contributed by atoms with E-state index in [1.165, 1.54) is 11.1 Å². The van der Waals surface area contributed by atoms with Crippen LogP contribution >= 0.6 is 0 Å². The first-order chi connectivity index (χ1) is 14.6. The van der Waals surface area contributed by atoms with E-state index < -0.39 is 5.97 Å². The molecule has 3 aromatic carbocycles. The average Bonchev–Trinajstić information content (AvgIpc) is 3.14. The van der Waals surface area contributed by atoms with Crippen LogP contribution < -0.4 is 5.32 Å².